The molecular formula is C18H24FNO4. The fourth-order valence-corrected chi connectivity index (χ4v) is 3.06. The number of rotatable bonds is 5. The smallest absolute Gasteiger partial charge is 0.223 e. The molecule has 24 heavy (non-hydrogen) atoms. The summed E-state index contributed by atoms with van der Waals surface area (Å²) >= 11 is 0. The molecule has 2 fully saturated rings. The summed E-state index contributed by atoms with van der Waals surface area (Å²) in [7, 11) is 0. The van der Waals surface area contributed by atoms with Crippen LogP contribution in [-0.2, 0) is 9.53 Å². The lowest BCUT2D eigenvalue weighted by atomic mass is 9.82. The lowest BCUT2D eigenvalue weighted by Gasteiger charge is -2.32. The molecule has 1 N–H and O–H groups in total. The Balaban J connectivity index is 1.58. The van der Waals surface area contributed by atoms with Crippen LogP contribution >= 0.6 is 0 Å². The second-order valence-electron chi connectivity index (χ2n) is 6.84. The summed E-state index contributed by atoms with van der Waals surface area (Å²) in [5.74, 6) is 0.501. The molecule has 6 heteroatoms. The summed E-state index contributed by atoms with van der Waals surface area (Å²) in [5.41, 5.74) is -1.29. The van der Waals surface area contributed by atoms with Crippen molar-refractivity contribution >= 4 is 5.91 Å². The highest BCUT2D eigenvalue weighted by Crippen LogP contribution is 2.30. The molecule has 1 aromatic carbocycles. The zero-order valence-corrected chi connectivity index (χ0v) is 13.7. The first-order chi connectivity index (χ1) is 11.5. The summed E-state index contributed by atoms with van der Waals surface area (Å²) in [5, 5.41) is 10.8. The van der Waals surface area contributed by atoms with E-state index in [0.717, 1.165) is 12.8 Å². The summed E-state index contributed by atoms with van der Waals surface area (Å²) in [6.07, 6.45) is 3.97. The minimum absolute atomic E-state index is 0.0519. The zero-order valence-electron chi connectivity index (χ0n) is 13.7. The number of carbonyl (C=O) groups excluding carboxylic acids is 1. The van der Waals surface area contributed by atoms with Gasteiger partial charge >= 0.3 is 0 Å². The zero-order chi connectivity index (χ0) is 17.0. The Kier molecular flexibility index (Phi) is 5.36. The van der Waals surface area contributed by atoms with E-state index in [1.54, 1.807) is 17.0 Å². The Morgan fingerprint density at radius 3 is 3.00 bits per heavy atom. The van der Waals surface area contributed by atoms with Crippen molar-refractivity contribution < 1.29 is 23.8 Å². The van der Waals surface area contributed by atoms with Gasteiger partial charge in [-0.1, -0.05) is 12.5 Å². The standard InChI is InChI=1S/C18H24FNO4/c19-15-5-2-6-16(10-15)24-13-18(22)11-20(7-8-23-12-18)17(21)9-14-3-1-4-14/h2,5-6,10,14,22H,1,3-4,7-9,11-13H2. The van der Waals surface area contributed by atoms with E-state index in [-0.39, 0.29) is 25.7 Å². The Labute approximate surface area is 141 Å². The Morgan fingerprint density at radius 1 is 1.46 bits per heavy atom. The third-order valence-electron chi connectivity index (χ3n) is 4.71. The molecule has 1 aromatic rings. The topological polar surface area (TPSA) is 59.0 Å². The second-order valence-corrected chi connectivity index (χ2v) is 6.84. The Morgan fingerprint density at radius 2 is 2.29 bits per heavy atom. The number of β-amino-alcohol motifs (C(OH)–C–C–N with tert-alkyl or cyclic N) is 1. The minimum Gasteiger partial charge on any atom is -0.490 e. The molecule has 1 saturated heterocycles. The molecule has 0 radical (unpaired) electrons. The SMILES string of the molecule is O=C(CC1CCC1)N1CCOCC(O)(COc2cccc(F)c2)C1. The van der Waals surface area contributed by atoms with Crippen molar-refractivity contribution in [2.24, 2.45) is 5.92 Å². The lowest BCUT2D eigenvalue weighted by Crippen LogP contribution is -2.50. The average molecular weight is 337 g/mol. The molecular weight excluding hydrogens is 313 g/mol. The first-order valence-corrected chi connectivity index (χ1v) is 8.50. The van der Waals surface area contributed by atoms with Gasteiger partial charge in [-0.3, -0.25) is 4.79 Å². The molecule has 1 amide bonds. The van der Waals surface area contributed by atoms with Gasteiger partial charge in [-0.15, -0.1) is 0 Å². The van der Waals surface area contributed by atoms with Crippen molar-refractivity contribution in [1.82, 2.24) is 4.90 Å². The van der Waals surface area contributed by atoms with E-state index in [1.165, 1.54) is 18.6 Å². The van der Waals surface area contributed by atoms with Gasteiger partial charge in [0.05, 0.1) is 19.8 Å². The van der Waals surface area contributed by atoms with Crippen molar-refractivity contribution in [1.29, 1.82) is 0 Å². The second kappa shape index (κ2) is 7.49. The van der Waals surface area contributed by atoms with Crippen LogP contribution in [0, 0.1) is 11.7 Å². The van der Waals surface area contributed by atoms with Crippen LogP contribution in [-0.4, -0.2) is 54.4 Å². The summed E-state index contributed by atoms with van der Waals surface area (Å²) in [6, 6.07) is 5.77. The number of carbonyl (C=O) groups is 1. The molecule has 1 atom stereocenters. The number of nitrogens with zero attached hydrogens (tertiary/aromatic N) is 1. The van der Waals surface area contributed by atoms with Crippen LogP contribution in [0.5, 0.6) is 5.75 Å². The predicted molar refractivity (Wildman–Crippen MR) is 86.2 cm³/mol. The number of amides is 1. The van der Waals surface area contributed by atoms with Crippen molar-refractivity contribution in [3.05, 3.63) is 30.1 Å². The van der Waals surface area contributed by atoms with E-state index in [4.69, 9.17) is 9.47 Å². The number of aliphatic hydroxyl groups is 1. The Hall–Kier alpha value is -1.66. The molecule has 1 saturated carbocycles. The van der Waals surface area contributed by atoms with Crippen LogP contribution in [0.15, 0.2) is 24.3 Å². The predicted octanol–water partition coefficient (Wildman–Crippen LogP) is 1.98. The lowest BCUT2D eigenvalue weighted by molar-refractivity contribution is -0.136. The summed E-state index contributed by atoms with van der Waals surface area (Å²) in [4.78, 5) is 14.1. The van der Waals surface area contributed by atoms with Crippen molar-refractivity contribution in [3.8, 4) is 5.75 Å². The van der Waals surface area contributed by atoms with Crippen LogP contribution in [0.3, 0.4) is 0 Å². The highest BCUT2D eigenvalue weighted by atomic mass is 19.1. The van der Waals surface area contributed by atoms with Crippen molar-refractivity contribution in [2.45, 2.75) is 31.3 Å². The normalized spacial score (nSPS) is 25.0. The van der Waals surface area contributed by atoms with Gasteiger partial charge in [-0.2, -0.15) is 0 Å². The molecule has 5 nitrogen and oxygen atoms in total. The number of hydrogen-bond acceptors (Lipinski definition) is 4. The maximum atomic E-state index is 13.2. The monoisotopic (exact) mass is 337 g/mol. The minimum atomic E-state index is -1.29. The van der Waals surface area contributed by atoms with E-state index in [1.807, 2.05) is 0 Å². The van der Waals surface area contributed by atoms with E-state index in [0.29, 0.717) is 31.2 Å². The van der Waals surface area contributed by atoms with Crippen LogP contribution < -0.4 is 4.74 Å². The quantitative estimate of drug-likeness (QED) is 0.893. The number of benzene rings is 1. The van der Waals surface area contributed by atoms with Crippen LogP contribution in [0.4, 0.5) is 4.39 Å². The first-order valence-electron chi connectivity index (χ1n) is 8.50. The fourth-order valence-electron chi connectivity index (χ4n) is 3.06. The maximum Gasteiger partial charge on any atom is 0.223 e. The summed E-state index contributed by atoms with van der Waals surface area (Å²) < 4.78 is 24.2. The number of ether oxygens (including phenoxy) is 2. The maximum absolute atomic E-state index is 13.2. The van der Waals surface area contributed by atoms with Crippen LogP contribution in [0.2, 0.25) is 0 Å². The van der Waals surface area contributed by atoms with Gasteiger partial charge in [0.2, 0.25) is 5.91 Å². The number of halogens is 1. The Bertz CT molecular complexity index is 578. The molecule has 1 heterocycles. The third kappa shape index (κ3) is 4.45. The fraction of sp³-hybridized carbons (Fsp3) is 0.611. The van der Waals surface area contributed by atoms with Gasteiger partial charge in [-0.05, 0) is 30.9 Å². The van der Waals surface area contributed by atoms with Gasteiger partial charge in [0.25, 0.3) is 0 Å². The highest BCUT2D eigenvalue weighted by molar-refractivity contribution is 5.76. The number of hydrogen-bond donors (Lipinski definition) is 1. The van der Waals surface area contributed by atoms with Gasteiger partial charge in [-0.25, -0.2) is 4.39 Å². The van der Waals surface area contributed by atoms with Gasteiger partial charge in [0.15, 0.2) is 0 Å². The largest absolute Gasteiger partial charge is 0.490 e. The molecule has 0 spiro atoms. The molecule has 2 aliphatic rings. The van der Waals surface area contributed by atoms with Crippen molar-refractivity contribution in [3.63, 3.8) is 0 Å². The molecule has 1 unspecified atom stereocenters. The molecule has 132 valence electrons. The molecule has 0 bridgehead atoms. The van der Waals surface area contributed by atoms with Crippen molar-refractivity contribution in [2.75, 3.05) is 32.9 Å². The highest BCUT2D eigenvalue weighted by Gasteiger charge is 2.36. The van der Waals surface area contributed by atoms with Crippen LogP contribution in [0.1, 0.15) is 25.7 Å². The average Bonchev–Trinajstić information content (AvgIpc) is 2.71. The van der Waals surface area contributed by atoms with Gasteiger partial charge < -0.3 is 19.5 Å². The third-order valence-corrected chi connectivity index (χ3v) is 4.71. The molecule has 0 aromatic heterocycles. The molecule has 3 rings (SSSR count). The van der Waals surface area contributed by atoms with Crippen LogP contribution in [0.25, 0.3) is 0 Å². The molecule has 1 aliphatic carbocycles. The van der Waals surface area contributed by atoms with E-state index >= 15 is 0 Å². The van der Waals surface area contributed by atoms with E-state index in [9.17, 15) is 14.3 Å². The first kappa shape index (κ1) is 17.2. The van der Waals surface area contributed by atoms with Gasteiger partial charge in [0.1, 0.15) is 23.8 Å². The van der Waals surface area contributed by atoms with Gasteiger partial charge in [0, 0.05) is 19.0 Å². The van der Waals surface area contributed by atoms with E-state index < -0.39 is 11.4 Å². The molecule has 1 aliphatic heterocycles. The van der Waals surface area contributed by atoms with E-state index in [2.05, 4.69) is 0 Å². The summed E-state index contributed by atoms with van der Waals surface area (Å²) in [6.45, 7) is 1.10.